The maximum Gasteiger partial charge on any atom is 0.157 e. The van der Waals surface area contributed by atoms with E-state index in [0.29, 0.717) is 17.2 Å². The standard InChI is InChI=1S/C15H15FN4O2S/c1-23(21,22)9-8-17-15-10-13(11-2-4-12(16)5-3-11)19-14-6-7-18-20(14)15/h2-7,10,17H,8-9H2,1H3. The molecule has 0 aliphatic carbocycles. The Hall–Kier alpha value is -2.48. The van der Waals surface area contributed by atoms with E-state index in [-0.39, 0.29) is 18.1 Å². The number of benzene rings is 1. The molecule has 0 spiro atoms. The summed E-state index contributed by atoms with van der Waals surface area (Å²) in [6, 6.07) is 9.53. The Morgan fingerprint density at radius 2 is 1.96 bits per heavy atom. The molecule has 0 fully saturated rings. The minimum absolute atomic E-state index is 0.0178. The van der Waals surface area contributed by atoms with Crippen molar-refractivity contribution in [2.24, 2.45) is 0 Å². The van der Waals surface area contributed by atoms with Gasteiger partial charge in [-0.15, -0.1) is 0 Å². The lowest BCUT2D eigenvalue weighted by molar-refractivity contribution is 0.602. The normalized spacial score (nSPS) is 11.7. The molecule has 0 saturated carbocycles. The number of sulfone groups is 1. The first-order valence-electron chi connectivity index (χ1n) is 6.95. The van der Waals surface area contributed by atoms with E-state index in [4.69, 9.17) is 0 Å². The van der Waals surface area contributed by atoms with Crippen LogP contribution in [0.4, 0.5) is 10.2 Å². The lowest BCUT2D eigenvalue weighted by atomic mass is 10.1. The van der Waals surface area contributed by atoms with Crippen molar-refractivity contribution in [2.75, 3.05) is 23.9 Å². The zero-order chi connectivity index (χ0) is 16.4. The van der Waals surface area contributed by atoms with E-state index in [9.17, 15) is 12.8 Å². The summed E-state index contributed by atoms with van der Waals surface area (Å²) in [5, 5.41) is 7.22. The number of hydrogen-bond donors (Lipinski definition) is 1. The summed E-state index contributed by atoms with van der Waals surface area (Å²) in [6.45, 7) is 0.265. The second kappa shape index (κ2) is 5.96. The van der Waals surface area contributed by atoms with Gasteiger partial charge in [-0.05, 0) is 24.3 Å². The van der Waals surface area contributed by atoms with Crippen LogP contribution in [0.25, 0.3) is 16.9 Å². The van der Waals surface area contributed by atoms with Crippen molar-refractivity contribution >= 4 is 21.3 Å². The molecule has 0 aliphatic rings. The van der Waals surface area contributed by atoms with Gasteiger partial charge in [-0.2, -0.15) is 9.61 Å². The Bertz CT molecular complexity index is 936. The predicted molar refractivity (Wildman–Crippen MR) is 86.6 cm³/mol. The van der Waals surface area contributed by atoms with E-state index < -0.39 is 9.84 Å². The first-order chi connectivity index (χ1) is 10.9. The summed E-state index contributed by atoms with van der Waals surface area (Å²) in [6.07, 6.45) is 2.80. The van der Waals surface area contributed by atoms with Gasteiger partial charge in [0.2, 0.25) is 0 Å². The fourth-order valence-corrected chi connectivity index (χ4v) is 2.64. The van der Waals surface area contributed by atoms with E-state index in [1.54, 1.807) is 35.0 Å². The van der Waals surface area contributed by atoms with Crippen LogP contribution in [0.1, 0.15) is 0 Å². The highest BCUT2D eigenvalue weighted by atomic mass is 32.2. The molecule has 0 atom stereocenters. The monoisotopic (exact) mass is 334 g/mol. The quantitative estimate of drug-likeness (QED) is 0.772. The maximum absolute atomic E-state index is 13.1. The molecular formula is C15H15FN4O2S. The second-order valence-corrected chi connectivity index (χ2v) is 7.45. The second-order valence-electron chi connectivity index (χ2n) is 5.19. The topological polar surface area (TPSA) is 76.4 Å². The average Bonchev–Trinajstić information content (AvgIpc) is 2.95. The van der Waals surface area contributed by atoms with Gasteiger partial charge in [-0.25, -0.2) is 17.8 Å². The molecule has 1 aromatic carbocycles. The van der Waals surface area contributed by atoms with E-state index in [2.05, 4.69) is 15.4 Å². The highest BCUT2D eigenvalue weighted by Crippen LogP contribution is 2.22. The van der Waals surface area contributed by atoms with Crippen molar-refractivity contribution < 1.29 is 12.8 Å². The van der Waals surface area contributed by atoms with Gasteiger partial charge in [0.15, 0.2) is 5.65 Å². The molecule has 23 heavy (non-hydrogen) atoms. The minimum atomic E-state index is -3.05. The number of aromatic nitrogens is 3. The summed E-state index contributed by atoms with van der Waals surface area (Å²) >= 11 is 0. The number of halogens is 1. The molecule has 0 amide bonds. The van der Waals surface area contributed by atoms with Crippen LogP contribution in [-0.4, -0.2) is 41.6 Å². The molecule has 2 aromatic heterocycles. The molecule has 3 aromatic rings. The van der Waals surface area contributed by atoms with Crippen LogP contribution in [0.2, 0.25) is 0 Å². The van der Waals surface area contributed by atoms with Crippen LogP contribution in [0.15, 0.2) is 42.6 Å². The molecule has 2 heterocycles. The Kier molecular flexibility index (Phi) is 3.99. The van der Waals surface area contributed by atoms with Crippen molar-refractivity contribution in [1.29, 1.82) is 0 Å². The highest BCUT2D eigenvalue weighted by molar-refractivity contribution is 7.90. The van der Waals surface area contributed by atoms with Gasteiger partial charge in [0.25, 0.3) is 0 Å². The smallest absolute Gasteiger partial charge is 0.157 e. The van der Waals surface area contributed by atoms with Crippen molar-refractivity contribution in [3.8, 4) is 11.3 Å². The van der Waals surface area contributed by atoms with Crippen LogP contribution >= 0.6 is 0 Å². The van der Waals surface area contributed by atoms with Gasteiger partial charge >= 0.3 is 0 Å². The molecule has 0 aliphatic heterocycles. The maximum atomic E-state index is 13.1. The average molecular weight is 334 g/mol. The Labute approximate surface area is 132 Å². The Morgan fingerprint density at radius 1 is 1.22 bits per heavy atom. The molecule has 8 heteroatoms. The number of nitrogens with zero attached hydrogens (tertiary/aromatic N) is 3. The third-order valence-corrected chi connectivity index (χ3v) is 4.22. The zero-order valence-corrected chi connectivity index (χ0v) is 13.2. The summed E-state index contributed by atoms with van der Waals surface area (Å²) in [5.74, 6) is 0.331. The Balaban J connectivity index is 1.96. The first kappa shape index (κ1) is 15.4. The van der Waals surface area contributed by atoms with Gasteiger partial charge < -0.3 is 5.32 Å². The number of hydrogen-bond acceptors (Lipinski definition) is 5. The fraction of sp³-hybridized carbons (Fsp3) is 0.200. The van der Waals surface area contributed by atoms with E-state index in [0.717, 1.165) is 5.56 Å². The van der Waals surface area contributed by atoms with Crippen LogP contribution in [0.5, 0.6) is 0 Å². The van der Waals surface area contributed by atoms with Crippen LogP contribution in [0.3, 0.4) is 0 Å². The van der Waals surface area contributed by atoms with Crippen LogP contribution < -0.4 is 5.32 Å². The van der Waals surface area contributed by atoms with Gasteiger partial charge in [0, 0.05) is 30.5 Å². The number of anilines is 1. The number of fused-ring (bicyclic) bond motifs is 1. The SMILES string of the molecule is CS(=O)(=O)CCNc1cc(-c2ccc(F)cc2)nc2ccnn12. The molecule has 6 nitrogen and oxygen atoms in total. The summed E-state index contributed by atoms with van der Waals surface area (Å²) in [4.78, 5) is 4.47. The highest BCUT2D eigenvalue weighted by Gasteiger charge is 2.09. The van der Waals surface area contributed by atoms with Crippen molar-refractivity contribution in [3.05, 3.63) is 48.4 Å². The van der Waals surface area contributed by atoms with Crippen molar-refractivity contribution in [3.63, 3.8) is 0 Å². The summed E-state index contributed by atoms with van der Waals surface area (Å²) < 4.78 is 37.1. The van der Waals surface area contributed by atoms with Crippen molar-refractivity contribution in [1.82, 2.24) is 14.6 Å². The third kappa shape index (κ3) is 3.65. The number of rotatable bonds is 5. The number of nitrogens with one attached hydrogen (secondary N) is 1. The predicted octanol–water partition coefficient (Wildman–Crippen LogP) is 1.99. The van der Waals surface area contributed by atoms with Gasteiger partial charge in [-0.1, -0.05) is 0 Å². The van der Waals surface area contributed by atoms with E-state index in [1.807, 2.05) is 0 Å². The van der Waals surface area contributed by atoms with Gasteiger partial charge in [0.05, 0.1) is 17.6 Å². The summed E-state index contributed by atoms with van der Waals surface area (Å²) in [7, 11) is -3.05. The molecule has 0 radical (unpaired) electrons. The fourth-order valence-electron chi connectivity index (χ4n) is 2.17. The molecule has 3 rings (SSSR count). The zero-order valence-electron chi connectivity index (χ0n) is 12.4. The molecule has 120 valence electrons. The summed E-state index contributed by atoms with van der Waals surface area (Å²) in [5.41, 5.74) is 2.04. The Morgan fingerprint density at radius 3 is 2.65 bits per heavy atom. The molecule has 0 bridgehead atoms. The van der Waals surface area contributed by atoms with Crippen molar-refractivity contribution in [2.45, 2.75) is 0 Å². The minimum Gasteiger partial charge on any atom is -0.369 e. The molecule has 0 saturated heterocycles. The van der Waals surface area contributed by atoms with Crippen LogP contribution in [0, 0.1) is 5.82 Å². The van der Waals surface area contributed by atoms with E-state index in [1.165, 1.54) is 18.4 Å². The van der Waals surface area contributed by atoms with E-state index >= 15 is 0 Å². The molecule has 1 N–H and O–H groups in total. The largest absolute Gasteiger partial charge is 0.369 e. The molecular weight excluding hydrogens is 319 g/mol. The molecule has 0 unspecified atom stereocenters. The lowest BCUT2D eigenvalue weighted by Crippen LogP contribution is -2.16. The van der Waals surface area contributed by atoms with Gasteiger partial charge in [0.1, 0.15) is 21.5 Å². The lowest BCUT2D eigenvalue weighted by Gasteiger charge is -2.10. The first-order valence-corrected chi connectivity index (χ1v) is 9.01. The van der Waals surface area contributed by atoms with Gasteiger partial charge in [-0.3, -0.25) is 0 Å². The van der Waals surface area contributed by atoms with Crippen LogP contribution in [-0.2, 0) is 9.84 Å². The third-order valence-electron chi connectivity index (χ3n) is 3.28.